The summed E-state index contributed by atoms with van der Waals surface area (Å²) >= 11 is 0. The number of sulfone groups is 1. The summed E-state index contributed by atoms with van der Waals surface area (Å²) in [6.07, 6.45) is 1.13. The first kappa shape index (κ1) is 16.4. The molecular weight excluding hydrogens is 333 g/mol. The zero-order valence-electron chi connectivity index (χ0n) is 12.7. The molecule has 2 aromatic carbocycles. The number of hydrogen-bond acceptors (Lipinski definition) is 5. The van der Waals surface area contributed by atoms with Crippen LogP contribution in [0.1, 0.15) is 5.89 Å². The second-order valence-electron chi connectivity index (χ2n) is 5.25. The van der Waals surface area contributed by atoms with E-state index >= 15 is 0 Å². The molecule has 0 spiro atoms. The van der Waals surface area contributed by atoms with E-state index in [4.69, 9.17) is 4.42 Å². The number of benzene rings is 2. The Hall–Kier alpha value is -2.51. The fourth-order valence-corrected chi connectivity index (χ4v) is 2.92. The Kier molecular flexibility index (Phi) is 4.21. The molecule has 124 valence electrons. The predicted octanol–water partition coefficient (Wildman–Crippen LogP) is 3.04. The smallest absolute Gasteiger partial charge is 0.221 e. The highest BCUT2D eigenvalue weighted by Crippen LogP contribution is 2.33. The summed E-state index contributed by atoms with van der Waals surface area (Å²) < 4.78 is 41.8. The molecule has 0 atom stereocenters. The summed E-state index contributed by atoms with van der Waals surface area (Å²) in [6, 6.07) is 11.9. The van der Waals surface area contributed by atoms with Crippen LogP contribution in [-0.2, 0) is 16.4 Å². The number of nitrogens with zero attached hydrogens (tertiary/aromatic N) is 1. The van der Waals surface area contributed by atoms with Crippen LogP contribution in [0.15, 0.2) is 57.8 Å². The first-order valence-electron chi connectivity index (χ1n) is 7.05. The number of oxazole rings is 1. The lowest BCUT2D eigenvalue weighted by Crippen LogP contribution is -1.96. The zero-order chi connectivity index (χ0) is 17.3. The third-order valence-electron chi connectivity index (χ3n) is 3.47. The Bertz CT molecular complexity index is 961. The predicted molar refractivity (Wildman–Crippen MR) is 86.4 cm³/mol. The first-order valence-corrected chi connectivity index (χ1v) is 8.94. The van der Waals surface area contributed by atoms with Gasteiger partial charge in [-0.05, 0) is 48.5 Å². The number of aliphatic hydroxyl groups excluding tert-OH is 1. The van der Waals surface area contributed by atoms with Gasteiger partial charge in [-0.2, -0.15) is 0 Å². The summed E-state index contributed by atoms with van der Waals surface area (Å²) in [7, 11) is -3.30. The van der Waals surface area contributed by atoms with Crippen molar-refractivity contribution in [1.29, 1.82) is 0 Å². The van der Waals surface area contributed by atoms with Gasteiger partial charge in [0, 0.05) is 17.4 Å². The van der Waals surface area contributed by atoms with Gasteiger partial charge in [-0.15, -0.1) is 0 Å². The van der Waals surface area contributed by atoms with Gasteiger partial charge in [0.25, 0.3) is 0 Å². The van der Waals surface area contributed by atoms with E-state index in [0.29, 0.717) is 22.6 Å². The standard InChI is InChI=1S/C17H14FNO4S/c1-24(21,22)14-8-4-12(5-9-14)17-16(19-15(10-20)23-17)11-2-6-13(18)7-3-11/h2-9,20H,10H2,1H3. The van der Waals surface area contributed by atoms with Crippen LogP contribution in [0.2, 0.25) is 0 Å². The molecule has 7 heteroatoms. The molecule has 0 aliphatic carbocycles. The van der Waals surface area contributed by atoms with Gasteiger partial charge >= 0.3 is 0 Å². The largest absolute Gasteiger partial charge is 0.437 e. The van der Waals surface area contributed by atoms with Crippen molar-refractivity contribution >= 4 is 9.84 Å². The van der Waals surface area contributed by atoms with E-state index in [9.17, 15) is 17.9 Å². The number of hydrogen-bond donors (Lipinski definition) is 1. The van der Waals surface area contributed by atoms with Gasteiger partial charge < -0.3 is 9.52 Å². The minimum Gasteiger partial charge on any atom is -0.437 e. The lowest BCUT2D eigenvalue weighted by molar-refractivity contribution is 0.241. The summed E-state index contributed by atoms with van der Waals surface area (Å²) in [4.78, 5) is 4.41. The van der Waals surface area contributed by atoms with Crippen LogP contribution < -0.4 is 0 Å². The van der Waals surface area contributed by atoms with E-state index in [1.807, 2.05) is 0 Å². The summed E-state index contributed by atoms with van der Waals surface area (Å²) in [5.41, 5.74) is 1.68. The molecule has 0 aliphatic heterocycles. The van der Waals surface area contributed by atoms with Gasteiger partial charge in [0.15, 0.2) is 15.6 Å². The highest BCUT2D eigenvalue weighted by atomic mass is 32.2. The van der Waals surface area contributed by atoms with Crippen molar-refractivity contribution in [3.8, 4) is 22.6 Å². The number of aliphatic hydroxyl groups is 1. The molecule has 24 heavy (non-hydrogen) atoms. The van der Waals surface area contributed by atoms with E-state index in [1.54, 1.807) is 24.3 Å². The molecule has 0 amide bonds. The Morgan fingerprint density at radius 2 is 1.62 bits per heavy atom. The fraction of sp³-hybridized carbons (Fsp3) is 0.118. The molecule has 0 saturated heterocycles. The molecule has 0 unspecified atom stereocenters. The Morgan fingerprint density at radius 1 is 1.04 bits per heavy atom. The van der Waals surface area contributed by atoms with Crippen LogP contribution in [0.25, 0.3) is 22.6 Å². The molecule has 1 N–H and O–H groups in total. The van der Waals surface area contributed by atoms with Crippen molar-refractivity contribution in [1.82, 2.24) is 4.98 Å². The highest BCUT2D eigenvalue weighted by Gasteiger charge is 2.17. The summed E-state index contributed by atoms with van der Waals surface area (Å²) in [6.45, 7) is -0.379. The van der Waals surface area contributed by atoms with Crippen molar-refractivity contribution in [3.63, 3.8) is 0 Å². The molecule has 0 aliphatic rings. The van der Waals surface area contributed by atoms with Gasteiger partial charge in [-0.3, -0.25) is 0 Å². The van der Waals surface area contributed by atoms with E-state index < -0.39 is 9.84 Å². The van der Waals surface area contributed by atoms with Gasteiger partial charge in [0.2, 0.25) is 5.89 Å². The van der Waals surface area contributed by atoms with Gasteiger partial charge in [0.1, 0.15) is 18.1 Å². The van der Waals surface area contributed by atoms with Crippen molar-refractivity contribution in [3.05, 3.63) is 60.2 Å². The van der Waals surface area contributed by atoms with Crippen molar-refractivity contribution in [2.75, 3.05) is 6.26 Å². The summed E-state index contributed by atoms with van der Waals surface area (Å²) in [5.74, 6) is 0.130. The molecule has 0 fully saturated rings. The molecule has 0 saturated carbocycles. The molecule has 3 rings (SSSR count). The SMILES string of the molecule is CS(=O)(=O)c1ccc(-c2oc(CO)nc2-c2ccc(F)cc2)cc1. The quantitative estimate of drug-likeness (QED) is 0.784. The molecule has 3 aromatic rings. The monoisotopic (exact) mass is 347 g/mol. The van der Waals surface area contributed by atoms with Crippen molar-refractivity contribution in [2.45, 2.75) is 11.5 Å². The molecule has 0 radical (unpaired) electrons. The van der Waals surface area contributed by atoms with Crippen LogP contribution in [-0.4, -0.2) is 24.8 Å². The fourth-order valence-electron chi connectivity index (χ4n) is 2.28. The third kappa shape index (κ3) is 3.22. The lowest BCUT2D eigenvalue weighted by atomic mass is 10.1. The highest BCUT2D eigenvalue weighted by molar-refractivity contribution is 7.90. The van der Waals surface area contributed by atoms with Crippen LogP contribution in [0.5, 0.6) is 0 Å². The maximum absolute atomic E-state index is 13.1. The van der Waals surface area contributed by atoms with Crippen LogP contribution in [0.3, 0.4) is 0 Å². The van der Waals surface area contributed by atoms with E-state index in [2.05, 4.69) is 4.98 Å². The first-order chi connectivity index (χ1) is 11.4. The molecule has 1 heterocycles. The number of halogens is 1. The van der Waals surface area contributed by atoms with Gasteiger partial charge in [-0.1, -0.05) is 0 Å². The molecule has 0 bridgehead atoms. The third-order valence-corrected chi connectivity index (χ3v) is 4.60. The van der Waals surface area contributed by atoms with Crippen molar-refractivity contribution in [2.24, 2.45) is 0 Å². The maximum Gasteiger partial charge on any atom is 0.221 e. The normalized spacial score (nSPS) is 11.6. The van der Waals surface area contributed by atoms with Crippen LogP contribution >= 0.6 is 0 Å². The van der Waals surface area contributed by atoms with Gasteiger partial charge in [0.05, 0.1) is 4.90 Å². The van der Waals surface area contributed by atoms with Crippen LogP contribution in [0.4, 0.5) is 4.39 Å². The Balaban J connectivity index is 2.10. The topological polar surface area (TPSA) is 80.4 Å². The number of aromatic nitrogens is 1. The van der Waals surface area contributed by atoms with Crippen LogP contribution in [0, 0.1) is 5.82 Å². The van der Waals surface area contributed by atoms with E-state index in [0.717, 1.165) is 6.26 Å². The average Bonchev–Trinajstić information content (AvgIpc) is 2.99. The van der Waals surface area contributed by atoms with E-state index in [1.165, 1.54) is 24.3 Å². The minimum atomic E-state index is -3.30. The molecular formula is C17H14FNO4S. The second-order valence-corrected chi connectivity index (χ2v) is 7.26. The number of rotatable bonds is 4. The molecule has 1 aromatic heterocycles. The van der Waals surface area contributed by atoms with Gasteiger partial charge in [-0.25, -0.2) is 17.8 Å². The lowest BCUT2D eigenvalue weighted by Gasteiger charge is -2.03. The zero-order valence-corrected chi connectivity index (χ0v) is 13.5. The summed E-state index contributed by atoms with van der Waals surface area (Å²) in [5, 5.41) is 9.27. The second kappa shape index (κ2) is 6.18. The maximum atomic E-state index is 13.1. The Morgan fingerprint density at radius 3 is 2.17 bits per heavy atom. The van der Waals surface area contributed by atoms with E-state index in [-0.39, 0.29) is 23.2 Å². The average molecular weight is 347 g/mol. The molecule has 5 nitrogen and oxygen atoms in total. The minimum absolute atomic E-state index is 0.122. The Labute approximate surface area is 138 Å². The van der Waals surface area contributed by atoms with Crippen molar-refractivity contribution < 1.29 is 22.3 Å².